The first kappa shape index (κ1) is 14.4. The van der Waals surface area contributed by atoms with Crippen molar-refractivity contribution in [3.63, 3.8) is 0 Å². The SMILES string of the molecule is C=C(c1ccccc1)c1cnn(-c2ccnc3c2ccn3CO)c1. The van der Waals surface area contributed by atoms with Crippen LogP contribution >= 0.6 is 0 Å². The van der Waals surface area contributed by atoms with E-state index < -0.39 is 0 Å². The molecule has 0 fully saturated rings. The van der Waals surface area contributed by atoms with Crippen molar-refractivity contribution in [1.29, 1.82) is 0 Å². The Morgan fingerprint density at radius 3 is 2.71 bits per heavy atom. The van der Waals surface area contributed by atoms with Gasteiger partial charge in [0.2, 0.25) is 0 Å². The minimum atomic E-state index is -0.102. The minimum Gasteiger partial charge on any atom is -0.376 e. The lowest BCUT2D eigenvalue weighted by atomic mass is 10.0. The molecule has 0 atom stereocenters. The van der Waals surface area contributed by atoms with E-state index in [1.54, 1.807) is 10.8 Å². The zero-order valence-corrected chi connectivity index (χ0v) is 13.0. The number of hydrogen-bond donors (Lipinski definition) is 1. The van der Waals surface area contributed by atoms with Gasteiger partial charge in [0.25, 0.3) is 0 Å². The van der Waals surface area contributed by atoms with Crippen molar-refractivity contribution in [2.24, 2.45) is 0 Å². The summed E-state index contributed by atoms with van der Waals surface area (Å²) in [5.74, 6) is 0. The Labute approximate surface area is 139 Å². The highest BCUT2D eigenvalue weighted by Crippen LogP contribution is 2.25. The van der Waals surface area contributed by atoms with Crippen molar-refractivity contribution in [2.75, 3.05) is 0 Å². The molecule has 3 aromatic heterocycles. The third-order valence-corrected chi connectivity index (χ3v) is 4.09. The zero-order chi connectivity index (χ0) is 16.5. The van der Waals surface area contributed by atoms with Crippen molar-refractivity contribution < 1.29 is 5.11 Å². The molecule has 0 saturated heterocycles. The van der Waals surface area contributed by atoms with Crippen LogP contribution in [0.3, 0.4) is 0 Å². The summed E-state index contributed by atoms with van der Waals surface area (Å²) in [6.07, 6.45) is 7.30. The molecule has 0 amide bonds. The van der Waals surface area contributed by atoms with Gasteiger partial charge in [0.15, 0.2) is 0 Å². The van der Waals surface area contributed by atoms with E-state index in [1.807, 2.05) is 65.7 Å². The molecule has 5 heteroatoms. The van der Waals surface area contributed by atoms with Crippen molar-refractivity contribution in [3.8, 4) is 5.69 Å². The molecule has 0 unspecified atom stereocenters. The van der Waals surface area contributed by atoms with E-state index in [9.17, 15) is 5.11 Å². The number of hydrogen-bond acceptors (Lipinski definition) is 3. The molecule has 1 aromatic carbocycles. The molecule has 0 aliphatic rings. The first-order valence-corrected chi connectivity index (χ1v) is 7.62. The van der Waals surface area contributed by atoms with E-state index in [1.165, 1.54) is 0 Å². The van der Waals surface area contributed by atoms with Crippen LogP contribution in [0.25, 0.3) is 22.3 Å². The van der Waals surface area contributed by atoms with Crippen molar-refractivity contribution in [1.82, 2.24) is 19.3 Å². The number of aliphatic hydroxyl groups is 1. The quantitative estimate of drug-likeness (QED) is 0.629. The van der Waals surface area contributed by atoms with Gasteiger partial charge < -0.3 is 9.67 Å². The van der Waals surface area contributed by atoms with Crippen molar-refractivity contribution in [2.45, 2.75) is 6.73 Å². The fourth-order valence-corrected chi connectivity index (χ4v) is 2.81. The Kier molecular flexibility index (Phi) is 3.48. The smallest absolute Gasteiger partial charge is 0.143 e. The molecule has 24 heavy (non-hydrogen) atoms. The number of pyridine rings is 1. The molecule has 4 aromatic rings. The number of aliphatic hydroxyl groups excluding tert-OH is 1. The van der Waals surface area contributed by atoms with E-state index in [2.05, 4.69) is 16.7 Å². The lowest BCUT2D eigenvalue weighted by Gasteiger charge is -2.05. The zero-order valence-electron chi connectivity index (χ0n) is 13.0. The third-order valence-electron chi connectivity index (χ3n) is 4.09. The maximum atomic E-state index is 9.38. The van der Waals surface area contributed by atoms with Gasteiger partial charge in [-0.2, -0.15) is 5.10 Å². The average Bonchev–Trinajstić information content (AvgIpc) is 3.28. The van der Waals surface area contributed by atoms with E-state index in [4.69, 9.17) is 0 Å². The van der Waals surface area contributed by atoms with Gasteiger partial charge in [0, 0.05) is 29.5 Å². The van der Waals surface area contributed by atoms with Crippen molar-refractivity contribution in [3.05, 3.63) is 85.0 Å². The monoisotopic (exact) mass is 316 g/mol. The Bertz CT molecular complexity index is 1010. The second kappa shape index (κ2) is 5.79. The first-order valence-electron chi connectivity index (χ1n) is 7.62. The minimum absolute atomic E-state index is 0.102. The Morgan fingerprint density at radius 1 is 1.08 bits per heavy atom. The van der Waals surface area contributed by atoms with Gasteiger partial charge in [-0.1, -0.05) is 36.9 Å². The fraction of sp³-hybridized carbons (Fsp3) is 0.0526. The third kappa shape index (κ3) is 2.31. The highest BCUT2D eigenvalue weighted by molar-refractivity contribution is 5.85. The van der Waals surface area contributed by atoms with E-state index in [0.29, 0.717) is 0 Å². The lowest BCUT2D eigenvalue weighted by molar-refractivity contribution is 0.215. The predicted molar refractivity (Wildman–Crippen MR) is 93.7 cm³/mol. The number of benzene rings is 1. The summed E-state index contributed by atoms with van der Waals surface area (Å²) < 4.78 is 3.50. The summed E-state index contributed by atoms with van der Waals surface area (Å²) in [6, 6.07) is 13.9. The Hall–Kier alpha value is -3.18. The van der Waals surface area contributed by atoms with Crippen LogP contribution < -0.4 is 0 Å². The molecule has 4 rings (SSSR count). The number of rotatable bonds is 4. The molecule has 0 spiro atoms. The first-order chi connectivity index (χ1) is 11.8. The molecular weight excluding hydrogens is 300 g/mol. The maximum Gasteiger partial charge on any atom is 0.143 e. The molecule has 5 nitrogen and oxygen atoms in total. The second-order valence-corrected chi connectivity index (χ2v) is 5.51. The predicted octanol–water partition coefficient (Wildman–Crippen LogP) is 3.23. The normalized spacial score (nSPS) is 11.0. The van der Waals surface area contributed by atoms with E-state index >= 15 is 0 Å². The molecule has 0 aliphatic carbocycles. The highest BCUT2D eigenvalue weighted by Gasteiger charge is 2.11. The molecule has 0 saturated carbocycles. The van der Waals surface area contributed by atoms with Gasteiger partial charge in [-0.25, -0.2) is 9.67 Å². The van der Waals surface area contributed by atoms with Crippen molar-refractivity contribution >= 4 is 16.6 Å². The van der Waals surface area contributed by atoms with E-state index in [-0.39, 0.29) is 6.73 Å². The average molecular weight is 316 g/mol. The van der Waals surface area contributed by atoms with Gasteiger partial charge in [-0.15, -0.1) is 0 Å². The number of nitrogens with zero attached hydrogens (tertiary/aromatic N) is 4. The number of aromatic nitrogens is 4. The fourth-order valence-electron chi connectivity index (χ4n) is 2.81. The van der Waals surface area contributed by atoms with Gasteiger partial charge in [-0.05, 0) is 23.3 Å². The summed E-state index contributed by atoms with van der Waals surface area (Å²) in [7, 11) is 0. The summed E-state index contributed by atoms with van der Waals surface area (Å²) in [5.41, 5.74) is 4.62. The van der Waals surface area contributed by atoms with Gasteiger partial charge in [0.1, 0.15) is 12.4 Å². The number of fused-ring (bicyclic) bond motifs is 1. The largest absolute Gasteiger partial charge is 0.376 e. The van der Waals surface area contributed by atoms with Crippen LogP contribution in [0.1, 0.15) is 11.1 Å². The van der Waals surface area contributed by atoms with Crippen LogP contribution in [0.5, 0.6) is 0 Å². The summed E-state index contributed by atoms with van der Waals surface area (Å²) >= 11 is 0. The molecule has 0 aliphatic heterocycles. The lowest BCUT2D eigenvalue weighted by Crippen LogP contribution is -1.99. The second-order valence-electron chi connectivity index (χ2n) is 5.51. The molecule has 0 bridgehead atoms. The Balaban J connectivity index is 1.76. The van der Waals surface area contributed by atoms with Gasteiger partial charge in [-0.3, -0.25) is 0 Å². The van der Waals surface area contributed by atoms with Gasteiger partial charge >= 0.3 is 0 Å². The molecule has 0 radical (unpaired) electrons. The molecule has 3 heterocycles. The van der Waals surface area contributed by atoms with Crippen LogP contribution in [-0.4, -0.2) is 24.4 Å². The van der Waals surface area contributed by atoms with Crippen LogP contribution in [0, 0.1) is 0 Å². The van der Waals surface area contributed by atoms with Crippen LogP contribution in [-0.2, 0) is 6.73 Å². The van der Waals surface area contributed by atoms with Gasteiger partial charge in [0.05, 0.1) is 11.9 Å². The van der Waals surface area contributed by atoms with Crippen LogP contribution in [0.15, 0.2) is 73.8 Å². The maximum absolute atomic E-state index is 9.38. The highest BCUT2D eigenvalue weighted by atomic mass is 16.3. The summed E-state index contributed by atoms with van der Waals surface area (Å²) in [5, 5.41) is 14.8. The Morgan fingerprint density at radius 2 is 1.92 bits per heavy atom. The summed E-state index contributed by atoms with van der Waals surface area (Å²) in [4.78, 5) is 4.33. The molecule has 118 valence electrons. The molecule has 1 N–H and O–H groups in total. The standard InChI is InChI=1S/C19H16N4O/c1-14(15-5-3-2-4-6-15)16-11-21-23(12-16)18-7-9-20-19-17(18)8-10-22(19)13-24/h2-12,24H,1,13H2. The topological polar surface area (TPSA) is 55.9 Å². The van der Waals surface area contributed by atoms with E-state index in [0.717, 1.165) is 33.4 Å². The summed E-state index contributed by atoms with van der Waals surface area (Å²) in [6.45, 7) is 4.08. The van der Waals surface area contributed by atoms with Crippen LogP contribution in [0.4, 0.5) is 0 Å². The van der Waals surface area contributed by atoms with Crippen LogP contribution in [0.2, 0.25) is 0 Å². The molecular formula is C19H16N4O.